The van der Waals surface area contributed by atoms with Crippen LogP contribution >= 0.6 is 0 Å². The van der Waals surface area contributed by atoms with E-state index in [1.807, 2.05) is 14.1 Å². The summed E-state index contributed by atoms with van der Waals surface area (Å²) in [6.45, 7) is 2.12. The van der Waals surface area contributed by atoms with E-state index in [2.05, 4.69) is 20.4 Å². The van der Waals surface area contributed by atoms with E-state index in [1.54, 1.807) is 0 Å². The van der Waals surface area contributed by atoms with Gasteiger partial charge in [0.25, 0.3) is 0 Å². The van der Waals surface area contributed by atoms with Gasteiger partial charge in [-0.3, -0.25) is 5.10 Å². The Morgan fingerprint density at radius 1 is 1.23 bits per heavy atom. The molecule has 1 aromatic heterocycles. The number of rotatable bonds is 1. The van der Waals surface area contributed by atoms with Crippen LogP contribution in [0.1, 0.15) is 11.3 Å². The predicted molar refractivity (Wildman–Crippen MR) is 53.2 cm³/mol. The lowest BCUT2D eigenvalue weighted by Gasteiger charge is -2.10. The minimum atomic E-state index is 1.06. The van der Waals surface area contributed by atoms with Gasteiger partial charge in [0.2, 0.25) is 0 Å². The summed E-state index contributed by atoms with van der Waals surface area (Å²) in [5.74, 6) is 1.10. The minimum Gasteiger partial charge on any atom is -0.361 e. The molecule has 13 heavy (non-hydrogen) atoms. The highest BCUT2D eigenvalue weighted by Gasteiger charge is 2.15. The van der Waals surface area contributed by atoms with Crippen LogP contribution in [0.3, 0.4) is 0 Å². The molecule has 72 valence electrons. The lowest BCUT2D eigenvalue weighted by Crippen LogP contribution is -2.17. The lowest BCUT2D eigenvalue weighted by molar-refractivity contribution is 0.702. The van der Waals surface area contributed by atoms with Crippen LogP contribution in [-0.4, -0.2) is 37.4 Å². The molecule has 0 unspecified atom stereocenters. The average Bonchev–Trinajstić information content (AvgIpc) is 2.36. The molecule has 2 N–H and O–H groups in total. The molecule has 1 aliphatic heterocycles. The number of aromatic nitrogens is 2. The fourth-order valence-electron chi connectivity index (χ4n) is 1.78. The summed E-state index contributed by atoms with van der Waals surface area (Å²) in [5, 5.41) is 10.8. The number of nitrogens with zero attached hydrogens (tertiary/aromatic N) is 2. The molecule has 0 saturated heterocycles. The van der Waals surface area contributed by atoms with Crippen molar-refractivity contribution in [2.24, 2.45) is 0 Å². The quantitative estimate of drug-likeness (QED) is 0.647. The van der Waals surface area contributed by atoms with E-state index in [9.17, 15) is 0 Å². The second-order valence-electron chi connectivity index (χ2n) is 3.65. The number of nitrogens with one attached hydrogen (secondary N) is 2. The van der Waals surface area contributed by atoms with Gasteiger partial charge in [0, 0.05) is 38.3 Å². The first-order valence-electron chi connectivity index (χ1n) is 4.73. The molecule has 0 radical (unpaired) electrons. The number of anilines is 1. The number of H-pyrrole nitrogens is 1. The molecule has 4 heteroatoms. The maximum absolute atomic E-state index is 4.31. The third-order valence-corrected chi connectivity index (χ3v) is 2.46. The van der Waals surface area contributed by atoms with E-state index in [1.165, 1.54) is 11.3 Å². The van der Waals surface area contributed by atoms with Crippen LogP contribution in [-0.2, 0) is 12.8 Å². The van der Waals surface area contributed by atoms with E-state index < -0.39 is 0 Å². The third-order valence-electron chi connectivity index (χ3n) is 2.46. The van der Waals surface area contributed by atoms with Gasteiger partial charge in [0.05, 0.1) is 0 Å². The first kappa shape index (κ1) is 8.56. The molecule has 0 fully saturated rings. The predicted octanol–water partition coefficient (Wildman–Crippen LogP) is 0.164. The Hall–Kier alpha value is -1.03. The molecular weight excluding hydrogens is 164 g/mol. The molecule has 0 bridgehead atoms. The van der Waals surface area contributed by atoms with E-state index in [0.717, 1.165) is 31.7 Å². The van der Waals surface area contributed by atoms with Crippen LogP contribution in [0.15, 0.2) is 0 Å². The summed E-state index contributed by atoms with van der Waals surface area (Å²) < 4.78 is 0. The zero-order chi connectivity index (χ0) is 9.26. The van der Waals surface area contributed by atoms with Gasteiger partial charge < -0.3 is 10.2 Å². The fraction of sp³-hybridized carbons (Fsp3) is 0.667. The van der Waals surface area contributed by atoms with Gasteiger partial charge in [-0.25, -0.2) is 0 Å². The van der Waals surface area contributed by atoms with Crippen LogP contribution < -0.4 is 10.2 Å². The molecule has 1 aliphatic rings. The van der Waals surface area contributed by atoms with Crippen molar-refractivity contribution >= 4 is 5.82 Å². The highest BCUT2D eigenvalue weighted by molar-refractivity contribution is 5.48. The van der Waals surface area contributed by atoms with Crippen molar-refractivity contribution in [2.75, 3.05) is 32.1 Å². The fourth-order valence-corrected chi connectivity index (χ4v) is 1.78. The summed E-state index contributed by atoms with van der Waals surface area (Å²) in [4.78, 5) is 2.07. The van der Waals surface area contributed by atoms with Crippen molar-refractivity contribution in [3.05, 3.63) is 11.3 Å². The molecule has 0 aliphatic carbocycles. The van der Waals surface area contributed by atoms with Crippen LogP contribution in [0.5, 0.6) is 0 Å². The van der Waals surface area contributed by atoms with Crippen LogP contribution in [0.2, 0.25) is 0 Å². The largest absolute Gasteiger partial charge is 0.361 e. The number of fused-ring (bicyclic) bond motifs is 1. The normalized spacial score (nSPS) is 16.5. The summed E-state index contributed by atoms with van der Waals surface area (Å²) in [6.07, 6.45) is 2.15. The zero-order valence-electron chi connectivity index (χ0n) is 8.22. The molecule has 2 rings (SSSR count). The minimum absolute atomic E-state index is 1.06. The van der Waals surface area contributed by atoms with E-state index in [4.69, 9.17) is 0 Å². The first-order valence-corrected chi connectivity index (χ1v) is 4.73. The second-order valence-corrected chi connectivity index (χ2v) is 3.65. The smallest absolute Gasteiger partial charge is 0.153 e. The Kier molecular flexibility index (Phi) is 2.22. The molecule has 0 aromatic carbocycles. The van der Waals surface area contributed by atoms with Crippen molar-refractivity contribution in [3.8, 4) is 0 Å². The summed E-state index contributed by atoms with van der Waals surface area (Å²) in [5.41, 5.74) is 2.68. The van der Waals surface area contributed by atoms with Gasteiger partial charge in [0.1, 0.15) is 0 Å². The van der Waals surface area contributed by atoms with Gasteiger partial charge in [-0.15, -0.1) is 0 Å². The molecule has 0 atom stereocenters. The Morgan fingerprint density at radius 2 is 2.00 bits per heavy atom. The molecule has 0 spiro atoms. The maximum atomic E-state index is 4.31. The Balaban J connectivity index is 2.34. The number of aromatic amines is 1. The monoisotopic (exact) mass is 180 g/mol. The zero-order valence-corrected chi connectivity index (χ0v) is 8.22. The van der Waals surface area contributed by atoms with Crippen molar-refractivity contribution in [1.82, 2.24) is 15.5 Å². The average molecular weight is 180 g/mol. The lowest BCUT2D eigenvalue weighted by atomic mass is 10.1. The van der Waals surface area contributed by atoms with E-state index >= 15 is 0 Å². The van der Waals surface area contributed by atoms with Crippen molar-refractivity contribution in [2.45, 2.75) is 12.8 Å². The van der Waals surface area contributed by atoms with Gasteiger partial charge in [0.15, 0.2) is 5.82 Å². The van der Waals surface area contributed by atoms with Crippen LogP contribution in [0.25, 0.3) is 0 Å². The topological polar surface area (TPSA) is 44.0 Å². The highest BCUT2D eigenvalue weighted by Crippen LogP contribution is 2.20. The van der Waals surface area contributed by atoms with Crippen molar-refractivity contribution in [1.29, 1.82) is 0 Å². The first-order chi connectivity index (χ1) is 6.29. The summed E-state index contributed by atoms with van der Waals surface area (Å²) >= 11 is 0. The van der Waals surface area contributed by atoms with Gasteiger partial charge in [-0.05, 0) is 13.0 Å². The Morgan fingerprint density at radius 3 is 2.77 bits per heavy atom. The second kappa shape index (κ2) is 3.38. The third kappa shape index (κ3) is 1.54. The molecule has 0 saturated carbocycles. The Bertz CT molecular complexity index is 290. The van der Waals surface area contributed by atoms with Crippen LogP contribution in [0.4, 0.5) is 5.82 Å². The Labute approximate surface area is 78.3 Å². The van der Waals surface area contributed by atoms with Crippen molar-refractivity contribution < 1.29 is 0 Å². The van der Waals surface area contributed by atoms with Gasteiger partial charge >= 0.3 is 0 Å². The van der Waals surface area contributed by atoms with Crippen molar-refractivity contribution in [3.63, 3.8) is 0 Å². The van der Waals surface area contributed by atoms with E-state index in [-0.39, 0.29) is 0 Å². The molecule has 4 nitrogen and oxygen atoms in total. The van der Waals surface area contributed by atoms with E-state index in [0.29, 0.717) is 0 Å². The molecule has 2 heterocycles. The van der Waals surface area contributed by atoms with Crippen LogP contribution in [0, 0.1) is 0 Å². The SMILES string of the molecule is CN(C)c1n[nH]c2c1CCNCC2. The molecule has 0 amide bonds. The molecule has 1 aromatic rings. The number of hydrogen-bond donors (Lipinski definition) is 2. The molecular formula is C9H16N4. The van der Waals surface area contributed by atoms with Gasteiger partial charge in [-0.1, -0.05) is 0 Å². The summed E-state index contributed by atoms with van der Waals surface area (Å²) in [7, 11) is 4.07. The highest BCUT2D eigenvalue weighted by atomic mass is 15.3. The summed E-state index contributed by atoms with van der Waals surface area (Å²) in [6, 6.07) is 0. The number of hydrogen-bond acceptors (Lipinski definition) is 3. The van der Waals surface area contributed by atoms with Gasteiger partial charge in [-0.2, -0.15) is 5.10 Å². The standard InChI is InChI=1S/C9H16N4/c1-13(2)9-7-3-5-10-6-4-8(7)11-12-9/h10H,3-6H2,1-2H3,(H,11,12). The maximum Gasteiger partial charge on any atom is 0.153 e.